The quantitative estimate of drug-likeness (QED) is 0.560. The molecule has 1 amide bonds. The maximum absolute atomic E-state index is 10.8. The van der Waals surface area contributed by atoms with Crippen molar-refractivity contribution in [3.05, 3.63) is 48.5 Å². The van der Waals surface area contributed by atoms with Crippen molar-refractivity contribution >= 4 is 5.91 Å². The fourth-order valence-corrected chi connectivity index (χ4v) is 1.15. The summed E-state index contributed by atoms with van der Waals surface area (Å²) in [6.07, 6.45) is 6.68. The molecule has 0 spiro atoms. The predicted octanol–water partition coefficient (Wildman–Crippen LogP) is -3.14. The molecule has 16 heavy (non-hydrogen) atoms. The zero-order valence-corrected chi connectivity index (χ0v) is 9.00. The number of pyridine rings is 1. The molecular formula is C10H9ClN4O. The lowest BCUT2D eigenvalue weighted by atomic mass is 10.2. The van der Waals surface area contributed by atoms with E-state index in [9.17, 15) is 4.79 Å². The molecule has 6 heteroatoms. The van der Waals surface area contributed by atoms with Crippen molar-refractivity contribution in [2.24, 2.45) is 5.73 Å². The van der Waals surface area contributed by atoms with Gasteiger partial charge in [0.25, 0.3) is 0 Å². The second-order valence-electron chi connectivity index (χ2n) is 2.91. The summed E-state index contributed by atoms with van der Waals surface area (Å²) in [5, 5.41) is 0. The number of hydrogen-bond donors (Lipinski definition) is 1. The number of primary amides is 1. The molecular weight excluding hydrogens is 228 g/mol. The van der Waals surface area contributed by atoms with Gasteiger partial charge in [0.2, 0.25) is 5.91 Å². The first-order valence-electron chi connectivity index (χ1n) is 4.36. The van der Waals surface area contributed by atoms with Gasteiger partial charge in [-0.2, -0.15) is 0 Å². The lowest BCUT2D eigenvalue weighted by Crippen LogP contribution is -3.00. The number of amides is 1. The van der Waals surface area contributed by atoms with Crippen molar-refractivity contribution in [3.63, 3.8) is 0 Å². The topological polar surface area (TPSA) is 72.8 Å². The molecule has 0 fully saturated rings. The number of aromatic nitrogens is 3. The van der Waals surface area contributed by atoms with E-state index >= 15 is 0 Å². The van der Waals surface area contributed by atoms with Gasteiger partial charge in [0.15, 0.2) is 0 Å². The first kappa shape index (κ1) is 12.1. The van der Waals surface area contributed by atoms with Crippen LogP contribution in [0, 0.1) is 0 Å². The molecule has 0 saturated carbocycles. The molecule has 0 saturated heterocycles. The molecule has 0 radical (unpaired) electrons. The Morgan fingerprint density at radius 1 is 1.19 bits per heavy atom. The van der Waals surface area contributed by atoms with E-state index in [0.29, 0.717) is 11.5 Å². The van der Waals surface area contributed by atoms with E-state index in [1.807, 2.05) is 0 Å². The number of nitrogens with zero attached hydrogens (tertiary/aromatic N) is 3. The highest BCUT2D eigenvalue weighted by Crippen LogP contribution is 1.94. The van der Waals surface area contributed by atoms with Crippen LogP contribution in [0.3, 0.4) is 0 Å². The number of nitrogens with two attached hydrogens (primary N) is 1. The first-order valence-corrected chi connectivity index (χ1v) is 4.36. The van der Waals surface area contributed by atoms with Crippen LogP contribution in [0.2, 0.25) is 0 Å². The zero-order chi connectivity index (χ0) is 10.7. The third-order valence-corrected chi connectivity index (χ3v) is 1.90. The fraction of sp³-hybridized carbons (Fsp3) is 0. The van der Waals surface area contributed by atoms with Crippen molar-refractivity contribution in [1.29, 1.82) is 0 Å². The monoisotopic (exact) mass is 236 g/mol. The second kappa shape index (κ2) is 5.18. The third kappa shape index (κ3) is 2.52. The van der Waals surface area contributed by atoms with Gasteiger partial charge in [-0.25, -0.2) is 4.57 Å². The molecule has 2 N–H and O–H groups in total. The highest BCUT2D eigenvalue weighted by Gasteiger charge is 2.07. The average Bonchev–Trinajstić information content (AvgIpc) is 2.30. The number of carbonyl (C=O) groups is 1. The van der Waals surface area contributed by atoms with Gasteiger partial charge in [0.1, 0.15) is 12.4 Å². The van der Waals surface area contributed by atoms with Crippen LogP contribution in [-0.2, 0) is 0 Å². The number of carbonyl (C=O) groups excluding carboxylic acids is 1. The minimum absolute atomic E-state index is 0. The Hall–Kier alpha value is -2.01. The van der Waals surface area contributed by atoms with Crippen molar-refractivity contribution in [2.75, 3.05) is 0 Å². The molecule has 82 valence electrons. The molecule has 2 heterocycles. The molecule has 2 aromatic heterocycles. The van der Waals surface area contributed by atoms with Gasteiger partial charge in [0, 0.05) is 11.6 Å². The molecule has 0 aromatic carbocycles. The maximum Gasteiger partial charge on any atom is 0.437 e. The zero-order valence-electron chi connectivity index (χ0n) is 8.25. The Morgan fingerprint density at radius 3 is 2.25 bits per heavy atom. The van der Waals surface area contributed by atoms with Crippen molar-refractivity contribution in [3.8, 4) is 5.95 Å². The third-order valence-electron chi connectivity index (χ3n) is 1.90. The summed E-state index contributed by atoms with van der Waals surface area (Å²) in [5.41, 5.74) is 5.58. The molecule has 0 bridgehead atoms. The van der Waals surface area contributed by atoms with Crippen LogP contribution in [0.1, 0.15) is 10.4 Å². The fourth-order valence-electron chi connectivity index (χ4n) is 1.15. The van der Waals surface area contributed by atoms with Gasteiger partial charge in [-0.3, -0.25) is 4.79 Å². The summed E-state index contributed by atoms with van der Waals surface area (Å²) >= 11 is 0. The lowest BCUT2D eigenvalue weighted by molar-refractivity contribution is -0.603. The van der Waals surface area contributed by atoms with E-state index in [0.717, 1.165) is 0 Å². The van der Waals surface area contributed by atoms with Gasteiger partial charge >= 0.3 is 5.95 Å². The molecule has 0 aliphatic rings. The summed E-state index contributed by atoms with van der Waals surface area (Å²) in [6.45, 7) is 0. The molecule has 2 aromatic rings. The minimum atomic E-state index is -0.448. The summed E-state index contributed by atoms with van der Waals surface area (Å²) in [6, 6.07) is 4.99. The van der Waals surface area contributed by atoms with Gasteiger partial charge < -0.3 is 18.1 Å². The van der Waals surface area contributed by atoms with Crippen LogP contribution < -0.4 is 22.7 Å². The molecule has 0 unspecified atom stereocenters. The van der Waals surface area contributed by atoms with Crippen LogP contribution >= 0.6 is 0 Å². The summed E-state index contributed by atoms with van der Waals surface area (Å²) < 4.78 is 1.70. The smallest absolute Gasteiger partial charge is 0.437 e. The number of rotatable bonds is 2. The van der Waals surface area contributed by atoms with E-state index in [1.165, 1.54) is 0 Å². The van der Waals surface area contributed by atoms with Crippen molar-refractivity contribution in [2.45, 2.75) is 0 Å². The highest BCUT2D eigenvalue weighted by atomic mass is 35.5. The van der Waals surface area contributed by atoms with Gasteiger partial charge in [0.05, 0.1) is 12.4 Å². The van der Waals surface area contributed by atoms with Crippen molar-refractivity contribution in [1.82, 2.24) is 9.97 Å². The van der Waals surface area contributed by atoms with E-state index in [4.69, 9.17) is 5.73 Å². The standard InChI is InChI=1S/C10H8N4O.ClH/c11-9(15)8-2-6-14(7-3-8)10-12-4-1-5-13-10;/h1-7H,(H-,11,15);1H. The Bertz CT molecular complexity index is 472. The summed E-state index contributed by atoms with van der Waals surface area (Å²) in [7, 11) is 0. The van der Waals surface area contributed by atoms with Crippen molar-refractivity contribution < 1.29 is 21.8 Å². The Kier molecular flexibility index (Phi) is 3.90. The van der Waals surface area contributed by atoms with E-state index < -0.39 is 5.91 Å². The van der Waals surface area contributed by atoms with Crippen LogP contribution in [0.15, 0.2) is 43.0 Å². The highest BCUT2D eigenvalue weighted by molar-refractivity contribution is 5.92. The van der Waals surface area contributed by atoms with Crippen LogP contribution in [0.5, 0.6) is 0 Å². The van der Waals surface area contributed by atoms with Crippen LogP contribution in [-0.4, -0.2) is 15.9 Å². The molecule has 0 aliphatic carbocycles. The molecule has 0 atom stereocenters. The summed E-state index contributed by atoms with van der Waals surface area (Å²) in [5.74, 6) is 0.102. The SMILES string of the molecule is NC(=O)c1cc[n+](-c2ncccn2)cc1.[Cl-]. The summed E-state index contributed by atoms with van der Waals surface area (Å²) in [4.78, 5) is 18.9. The Balaban J connectivity index is 0.00000128. The van der Waals surface area contributed by atoms with Crippen LogP contribution in [0.4, 0.5) is 0 Å². The minimum Gasteiger partial charge on any atom is -1.00 e. The largest absolute Gasteiger partial charge is 1.00 e. The average molecular weight is 237 g/mol. The van der Waals surface area contributed by atoms with Crippen LogP contribution in [0.25, 0.3) is 5.95 Å². The predicted molar refractivity (Wildman–Crippen MR) is 52.1 cm³/mol. The van der Waals surface area contributed by atoms with Gasteiger partial charge in [-0.05, 0) is 12.1 Å². The maximum atomic E-state index is 10.8. The lowest BCUT2D eigenvalue weighted by Gasteiger charge is -1.96. The Labute approximate surface area is 98.4 Å². The first-order chi connectivity index (χ1) is 7.27. The number of hydrogen-bond acceptors (Lipinski definition) is 3. The van der Waals surface area contributed by atoms with E-state index in [2.05, 4.69) is 9.97 Å². The Morgan fingerprint density at radius 2 is 1.75 bits per heavy atom. The number of halogens is 1. The molecule has 2 rings (SSSR count). The normalized spacial score (nSPS) is 9.25. The second-order valence-corrected chi connectivity index (χ2v) is 2.91. The molecule has 5 nitrogen and oxygen atoms in total. The molecule has 0 aliphatic heterocycles. The van der Waals surface area contributed by atoms with Gasteiger partial charge in [-0.1, -0.05) is 9.97 Å². The van der Waals surface area contributed by atoms with Gasteiger partial charge in [-0.15, -0.1) is 0 Å². The van der Waals surface area contributed by atoms with E-state index in [-0.39, 0.29) is 12.4 Å². The van der Waals surface area contributed by atoms with E-state index in [1.54, 1.807) is 47.6 Å².